The Kier molecular flexibility index (Phi) is 1.34. The Labute approximate surface area is 65.2 Å². The van der Waals surface area contributed by atoms with E-state index in [1.54, 1.807) is 0 Å². The molecule has 0 radical (unpaired) electrons. The zero-order valence-corrected chi connectivity index (χ0v) is 6.16. The van der Waals surface area contributed by atoms with Gasteiger partial charge < -0.3 is 5.11 Å². The van der Waals surface area contributed by atoms with Crippen LogP contribution in [0.1, 0.15) is 12.8 Å². The molecule has 2 nitrogen and oxygen atoms in total. The molecule has 0 saturated carbocycles. The molecule has 0 amide bonds. The van der Waals surface area contributed by atoms with Crippen molar-refractivity contribution in [2.75, 3.05) is 0 Å². The van der Waals surface area contributed by atoms with E-state index in [9.17, 15) is 4.79 Å². The number of fused-ring (bicyclic) bond motifs is 1. The zero-order chi connectivity index (χ0) is 7.84. The Morgan fingerprint density at radius 1 is 1.45 bits per heavy atom. The standard InChI is InChI=1S/C9H10O2/c10-9(11)8-5-6-1-3-7(8)4-2-6/h1,3,5-7H,2,4H2,(H,10,11)/t6-,7-/m1/s1. The molecule has 2 atom stereocenters. The SMILES string of the molecule is O=C(O)C1=C[C@@H]2C=C[C@@H]1CC2. The number of carbonyl (C=O) groups is 1. The molecule has 3 rings (SSSR count). The predicted molar refractivity (Wildman–Crippen MR) is 41.1 cm³/mol. The van der Waals surface area contributed by atoms with Crippen LogP contribution in [0.2, 0.25) is 0 Å². The molecule has 0 aliphatic heterocycles. The molecule has 3 aliphatic carbocycles. The minimum Gasteiger partial charge on any atom is -0.478 e. The highest BCUT2D eigenvalue weighted by Crippen LogP contribution is 2.35. The maximum absolute atomic E-state index is 10.6. The topological polar surface area (TPSA) is 37.3 Å². The number of carboxylic acids is 1. The Morgan fingerprint density at radius 3 is 2.55 bits per heavy atom. The summed E-state index contributed by atoms with van der Waals surface area (Å²) in [5.41, 5.74) is 0.601. The molecule has 2 heteroatoms. The Morgan fingerprint density at radius 2 is 2.27 bits per heavy atom. The van der Waals surface area contributed by atoms with Gasteiger partial charge in [0.1, 0.15) is 0 Å². The summed E-state index contributed by atoms with van der Waals surface area (Å²) in [6.07, 6.45) is 8.16. The Bertz CT molecular complexity index is 250. The van der Waals surface area contributed by atoms with E-state index in [-0.39, 0.29) is 5.92 Å². The molecular weight excluding hydrogens is 140 g/mol. The van der Waals surface area contributed by atoms with E-state index in [0.717, 1.165) is 12.8 Å². The molecule has 0 saturated heterocycles. The fraction of sp³-hybridized carbons (Fsp3) is 0.444. The summed E-state index contributed by atoms with van der Waals surface area (Å²) < 4.78 is 0. The average molecular weight is 150 g/mol. The van der Waals surface area contributed by atoms with Gasteiger partial charge in [0, 0.05) is 11.5 Å². The maximum atomic E-state index is 10.6. The zero-order valence-electron chi connectivity index (χ0n) is 6.16. The average Bonchev–Trinajstić information content (AvgIpc) is 2.06. The number of carboxylic acid groups (broad SMARTS) is 1. The van der Waals surface area contributed by atoms with E-state index in [2.05, 4.69) is 6.08 Å². The van der Waals surface area contributed by atoms with Crippen molar-refractivity contribution in [3.63, 3.8) is 0 Å². The second-order valence-corrected chi connectivity index (χ2v) is 3.16. The third kappa shape index (κ3) is 0.985. The van der Waals surface area contributed by atoms with E-state index < -0.39 is 5.97 Å². The van der Waals surface area contributed by atoms with Gasteiger partial charge in [-0.15, -0.1) is 0 Å². The molecule has 0 aromatic heterocycles. The second kappa shape index (κ2) is 2.22. The molecule has 0 aromatic rings. The highest BCUT2D eigenvalue weighted by Gasteiger charge is 2.27. The van der Waals surface area contributed by atoms with Gasteiger partial charge >= 0.3 is 5.97 Å². The highest BCUT2D eigenvalue weighted by molar-refractivity contribution is 5.88. The van der Waals surface area contributed by atoms with Crippen molar-refractivity contribution in [3.05, 3.63) is 23.8 Å². The summed E-state index contributed by atoms with van der Waals surface area (Å²) >= 11 is 0. The van der Waals surface area contributed by atoms with Gasteiger partial charge in [-0.2, -0.15) is 0 Å². The summed E-state index contributed by atoms with van der Waals surface area (Å²) in [5, 5.41) is 8.76. The van der Waals surface area contributed by atoms with Gasteiger partial charge in [-0.1, -0.05) is 18.2 Å². The van der Waals surface area contributed by atoms with Crippen LogP contribution in [0.3, 0.4) is 0 Å². The van der Waals surface area contributed by atoms with Crippen molar-refractivity contribution in [3.8, 4) is 0 Å². The second-order valence-electron chi connectivity index (χ2n) is 3.16. The van der Waals surface area contributed by atoms with Crippen molar-refractivity contribution in [2.45, 2.75) is 12.8 Å². The van der Waals surface area contributed by atoms with E-state index in [0.29, 0.717) is 11.5 Å². The van der Waals surface area contributed by atoms with Crippen LogP contribution >= 0.6 is 0 Å². The molecule has 0 aromatic carbocycles. The lowest BCUT2D eigenvalue weighted by Gasteiger charge is -2.27. The summed E-state index contributed by atoms with van der Waals surface area (Å²) in [6, 6.07) is 0. The van der Waals surface area contributed by atoms with Crippen LogP contribution in [0.5, 0.6) is 0 Å². The summed E-state index contributed by atoms with van der Waals surface area (Å²) in [6.45, 7) is 0. The van der Waals surface area contributed by atoms with Crippen molar-refractivity contribution in [2.24, 2.45) is 11.8 Å². The number of allylic oxidation sites excluding steroid dienone is 3. The third-order valence-electron chi connectivity index (χ3n) is 2.44. The normalized spacial score (nSPS) is 33.6. The Hall–Kier alpha value is -1.05. The third-order valence-corrected chi connectivity index (χ3v) is 2.44. The van der Waals surface area contributed by atoms with Crippen LogP contribution in [-0.4, -0.2) is 11.1 Å². The summed E-state index contributed by atoms with van der Waals surface area (Å²) in [4.78, 5) is 10.6. The first-order valence-electron chi connectivity index (χ1n) is 3.90. The largest absolute Gasteiger partial charge is 0.478 e. The van der Waals surface area contributed by atoms with Gasteiger partial charge in [-0.3, -0.25) is 0 Å². The van der Waals surface area contributed by atoms with Crippen molar-refractivity contribution < 1.29 is 9.90 Å². The van der Waals surface area contributed by atoms with E-state index in [4.69, 9.17) is 5.11 Å². The highest BCUT2D eigenvalue weighted by atomic mass is 16.4. The minimum atomic E-state index is -0.746. The van der Waals surface area contributed by atoms with Crippen LogP contribution in [0.25, 0.3) is 0 Å². The van der Waals surface area contributed by atoms with Crippen molar-refractivity contribution in [1.82, 2.24) is 0 Å². The number of hydrogen-bond acceptors (Lipinski definition) is 1. The molecule has 0 fully saturated rings. The molecule has 2 bridgehead atoms. The number of rotatable bonds is 1. The van der Waals surface area contributed by atoms with Gasteiger partial charge in [-0.05, 0) is 18.8 Å². The van der Waals surface area contributed by atoms with Crippen LogP contribution < -0.4 is 0 Å². The van der Waals surface area contributed by atoms with E-state index in [1.807, 2.05) is 12.2 Å². The van der Waals surface area contributed by atoms with Crippen LogP contribution in [0.15, 0.2) is 23.8 Å². The smallest absolute Gasteiger partial charge is 0.331 e. The quantitative estimate of drug-likeness (QED) is 0.576. The van der Waals surface area contributed by atoms with E-state index in [1.165, 1.54) is 0 Å². The van der Waals surface area contributed by atoms with Crippen molar-refractivity contribution in [1.29, 1.82) is 0 Å². The molecule has 0 unspecified atom stereocenters. The molecule has 3 aliphatic rings. The van der Waals surface area contributed by atoms with Gasteiger partial charge in [0.25, 0.3) is 0 Å². The lowest BCUT2D eigenvalue weighted by molar-refractivity contribution is -0.133. The lowest BCUT2D eigenvalue weighted by Crippen LogP contribution is -2.21. The molecule has 58 valence electrons. The van der Waals surface area contributed by atoms with Gasteiger partial charge in [0.15, 0.2) is 0 Å². The molecule has 0 spiro atoms. The van der Waals surface area contributed by atoms with E-state index >= 15 is 0 Å². The predicted octanol–water partition coefficient (Wildman–Crippen LogP) is 1.59. The minimum absolute atomic E-state index is 0.192. The van der Waals surface area contributed by atoms with Gasteiger partial charge in [0.2, 0.25) is 0 Å². The summed E-state index contributed by atoms with van der Waals surface area (Å²) in [7, 11) is 0. The first-order valence-corrected chi connectivity index (χ1v) is 3.90. The summed E-state index contributed by atoms with van der Waals surface area (Å²) in [5.74, 6) is -0.160. The molecule has 11 heavy (non-hydrogen) atoms. The number of aliphatic carboxylic acids is 1. The van der Waals surface area contributed by atoms with Crippen LogP contribution in [-0.2, 0) is 4.79 Å². The monoisotopic (exact) mass is 150 g/mol. The number of hydrogen-bond donors (Lipinski definition) is 1. The lowest BCUT2D eigenvalue weighted by atomic mass is 9.77. The van der Waals surface area contributed by atoms with Gasteiger partial charge in [-0.25, -0.2) is 4.79 Å². The fourth-order valence-corrected chi connectivity index (χ4v) is 1.82. The molecular formula is C9H10O2. The first-order chi connectivity index (χ1) is 5.27. The van der Waals surface area contributed by atoms with Gasteiger partial charge in [0.05, 0.1) is 0 Å². The van der Waals surface area contributed by atoms with Crippen molar-refractivity contribution >= 4 is 5.97 Å². The maximum Gasteiger partial charge on any atom is 0.331 e. The Balaban J connectivity index is 2.31. The van der Waals surface area contributed by atoms with Crippen LogP contribution in [0.4, 0.5) is 0 Å². The van der Waals surface area contributed by atoms with Crippen LogP contribution in [0, 0.1) is 11.8 Å². The first kappa shape index (κ1) is 6.65. The molecule has 0 heterocycles. The molecule has 1 N–H and O–H groups in total. The fourth-order valence-electron chi connectivity index (χ4n) is 1.82.